The van der Waals surface area contributed by atoms with Gasteiger partial charge in [-0.15, -0.1) is 0 Å². The van der Waals surface area contributed by atoms with Crippen LogP contribution in [0.4, 0.5) is 0 Å². The van der Waals surface area contributed by atoms with Crippen LogP contribution in [0.5, 0.6) is 0 Å². The first-order valence-electron chi connectivity index (χ1n) is 3.24. The highest BCUT2D eigenvalue weighted by atomic mass is 35.5. The van der Waals surface area contributed by atoms with Crippen LogP contribution < -0.4 is 0 Å². The van der Waals surface area contributed by atoms with Crippen LogP contribution >= 0.6 is 23.2 Å². The molecule has 0 saturated carbocycles. The van der Waals surface area contributed by atoms with Gasteiger partial charge in [-0.1, -0.05) is 23.2 Å². The van der Waals surface area contributed by atoms with Crippen molar-refractivity contribution in [3.63, 3.8) is 0 Å². The molecule has 0 N–H and O–H groups in total. The van der Waals surface area contributed by atoms with E-state index in [1.165, 1.54) is 0 Å². The largest absolute Gasteiger partial charge is 0.287 e. The standard InChI is InChI=1S/C8H2Cl2N2O/c9-6-1-4(2-11)5(3-12)8(13)7(6)10/h1H2. The lowest BCUT2D eigenvalue weighted by Crippen LogP contribution is -2.10. The number of carbonyl (C=O) groups is 1. The molecule has 0 unspecified atom stereocenters. The summed E-state index contributed by atoms with van der Waals surface area (Å²) in [6.07, 6.45) is 0.0610. The van der Waals surface area contributed by atoms with E-state index in [-0.39, 0.29) is 27.6 Å². The van der Waals surface area contributed by atoms with Gasteiger partial charge in [0.15, 0.2) is 0 Å². The minimum absolute atomic E-state index is 0.0610. The first-order valence-corrected chi connectivity index (χ1v) is 3.99. The van der Waals surface area contributed by atoms with Gasteiger partial charge in [0.1, 0.15) is 16.7 Å². The molecule has 1 aliphatic carbocycles. The molecule has 0 atom stereocenters. The van der Waals surface area contributed by atoms with Crippen molar-refractivity contribution in [2.45, 2.75) is 6.42 Å². The van der Waals surface area contributed by atoms with Crippen LogP contribution in [0.15, 0.2) is 21.2 Å². The highest BCUT2D eigenvalue weighted by Gasteiger charge is 2.26. The van der Waals surface area contributed by atoms with Gasteiger partial charge in [-0.2, -0.15) is 10.5 Å². The second-order valence-electron chi connectivity index (χ2n) is 2.30. The van der Waals surface area contributed by atoms with Gasteiger partial charge in [0.25, 0.3) is 0 Å². The summed E-state index contributed by atoms with van der Waals surface area (Å²) in [5, 5.41) is 17.1. The highest BCUT2D eigenvalue weighted by Crippen LogP contribution is 2.31. The summed E-state index contributed by atoms with van der Waals surface area (Å²) in [7, 11) is 0. The van der Waals surface area contributed by atoms with Crippen molar-refractivity contribution in [3.8, 4) is 12.1 Å². The van der Waals surface area contributed by atoms with Crippen LogP contribution in [0.3, 0.4) is 0 Å². The Morgan fingerprint density at radius 1 is 1.23 bits per heavy atom. The number of ketones is 1. The number of halogens is 2. The zero-order valence-corrected chi connectivity index (χ0v) is 7.78. The Labute approximate surface area is 84.5 Å². The number of carbonyl (C=O) groups excluding carboxylic acids is 1. The molecule has 0 bridgehead atoms. The first kappa shape index (κ1) is 9.80. The van der Waals surface area contributed by atoms with Crippen LogP contribution in [0.1, 0.15) is 6.42 Å². The Balaban J connectivity index is 3.28. The van der Waals surface area contributed by atoms with E-state index in [0.29, 0.717) is 0 Å². The average molecular weight is 213 g/mol. The fourth-order valence-electron chi connectivity index (χ4n) is 0.905. The van der Waals surface area contributed by atoms with Gasteiger partial charge in [-0.05, 0) is 0 Å². The number of rotatable bonds is 0. The normalized spacial score (nSPS) is 17.1. The maximum atomic E-state index is 11.2. The predicted octanol–water partition coefficient (Wildman–Crippen LogP) is 1.99. The van der Waals surface area contributed by atoms with E-state index in [0.717, 1.165) is 0 Å². The van der Waals surface area contributed by atoms with E-state index < -0.39 is 5.78 Å². The SMILES string of the molecule is N#CC1=C(C#N)C(=O)C(Cl)=C(Cl)C1. The molecule has 0 aromatic carbocycles. The van der Waals surface area contributed by atoms with Gasteiger partial charge in [-0.25, -0.2) is 0 Å². The molecule has 13 heavy (non-hydrogen) atoms. The van der Waals surface area contributed by atoms with Crippen LogP contribution in [0.25, 0.3) is 0 Å². The highest BCUT2D eigenvalue weighted by molar-refractivity contribution is 6.51. The summed E-state index contributed by atoms with van der Waals surface area (Å²) in [5.41, 5.74) is -0.140. The Kier molecular flexibility index (Phi) is 2.72. The number of hydrogen-bond donors (Lipinski definition) is 0. The second kappa shape index (κ2) is 3.62. The van der Waals surface area contributed by atoms with E-state index in [1.54, 1.807) is 12.1 Å². The summed E-state index contributed by atoms with van der Waals surface area (Å²) < 4.78 is 0. The molecule has 0 aromatic rings. The van der Waals surface area contributed by atoms with Gasteiger partial charge >= 0.3 is 0 Å². The Bertz CT molecular complexity index is 420. The Morgan fingerprint density at radius 2 is 1.85 bits per heavy atom. The second-order valence-corrected chi connectivity index (χ2v) is 3.14. The van der Waals surface area contributed by atoms with E-state index >= 15 is 0 Å². The maximum Gasteiger partial charge on any atom is 0.217 e. The smallest absolute Gasteiger partial charge is 0.217 e. The molecule has 0 aromatic heterocycles. The average Bonchev–Trinajstić information content (AvgIpc) is 2.13. The Morgan fingerprint density at radius 3 is 2.31 bits per heavy atom. The Hall–Kier alpha value is -1.29. The lowest BCUT2D eigenvalue weighted by molar-refractivity contribution is -0.111. The minimum atomic E-state index is -0.669. The van der Waals surface area contributed by atoms with E-state index in [9.17, 15) is 4.79 Å². The molecule has 0 saturated heterocycles. The molecule has 1 aliphatic rings. The molecule has 0 fully saturated rings. The first-order chi connectivity index (χ1) is 6.11. The third-order valence-corrected chi connectivity index (χ3v) is 2.36. The molecule has 0 heterocycles. The molecular weight excluding hydrogens is 211 g/mol. The van der Waals surface area contributed by atoms with Crippen molar-refractivity contribution in [2.24, 2.45) is 0 Å². The maximum absolute atomic E-state index is 11.2. The molecule has 0 radical (unpaired) electrons. The number of Topliss-reactive ketones (excluding diaryl/α,β-unsaturated/α-hetero) is 1. The zero-order chi connectivity index (χ0) is 10.0. The summed E-state index contributed by atoms with van der Waals surface area (Å²) in [4.78, 5) is 11.2. The monoisotopic (exact) mass is 212 g/mol. The van der Waals surface area contributed by atoms with Crippen LogP contribution in [0, 0.1) is 22.7 Å². The molecule has 5 heteroatoms. The number of hydrogen-bond acceptors (Lipinski definition) is 3. The lowest BCUT2D eigenvalue weighted by atomic mass is 9.97. The van der Waals surface area contributed by atoms with Crippen LogP contribution in [0.2, 0.25) is 0 Å². The van der Waals surface area contributed by atoms with Gasteiger partial charge in [0.2, 0.25) is 5.78 Å². The van der Waals surface area contributed by atoms with Gasteiger partial charge in [0, 0.05) is 11.5 Å². The molecule has 0 amide bonds. The van der Waals surface area contributed by atoms with Crippen molar-refractivity contribution in [1.29, 1.82) is 10.5 Å². The van der Waals surface area contributed by atoms with Crippen LogP contribution in [-0.2, 0) is 4.79 Å². The number of nitrogens with zero attached hydrogens (tertiary/aromatic N) is 2. The van der Waals surface area contributed by atoms with E-state index in [4.69, 9.17) is 33.7 Å². The third-order valence-electron chi connectivity index (χ3n) is 1.55. The van der Waals surface area contributed by atoms with E-state index in [2.05, 4.69) is 0 Å². The summed E-state index contributed by atoms with van der Waals surface area (Å²) in [6, 6.07) is 3.38. The topological polar surface area (TPSA) is 64.7 Å². The fourth-order valence-corrected chi connectivity index (χ4v) is 1.29. The van der Waals surface area contributed by atoms with Gasteiger partial charge in [-0.3, -0.25) is 4.79 Å². The third kappa shape index (κ3) is 1.58. The van der Waals surface area contributed by atoms with Crippen molar-refractivity contribution >= 4 is 29.0 Å². The molecule has 64 valence electrons. The predicted molar refractivity (Wildman–Crippen MR) is 46.6 cm³/mol. The summed E-state index contributed by atoms with van der Waals surface area (Å²) in [6.45, 7) is 0. The van der Waals surface area contributed by atoms with Gasteiger partial charge in [0.05, 0.1) is 11.6 Å². The number of allylic oxidation sites excluding steroid dienone is 4. The molecule has 0 spiro atoms. The van der Waals surface area contributed by atoms with E-state index in [1.807, 2.05) is 0 Å². The van der Waals surface area contributed by atoms with Gasteiger partial charge < -0.3 is 0 Å². The van der Waals surface area contributed by atoms with Crippen molar-refractivity contribution in [2.75, 3.05) is 0 Å². The quantitative estimate of drug-likeness (QED) is 0.617. The molecule has 1 rings (SSSR count). The summed E-state index contributed by atoms with van der Waals surface area (Å²) in [5.74, 6) is -0.669. The molecule has 0 aliphatic heterocycles. The van der Waals surface area contributed by atoms with Crippen molar-refractivity contribution < 1.29 is 4.79 Å². The lowest BCUT2D eigenvalue weighted by Gasteiger charge is -2.09. The van der Waals surface area contributed by atoms with Crippen LogP contribution in [-0.4, -0.2) is 5.78 Å². The fraction of sp³-hybridized carbons (Fsp3) is 0.125. The number of nitriles is 2. The zero-order valence-electron chi connectivity index (χ0n) is 6.27. The molecular formula is C8H2Cl2N2O. The van der Waals surface area contributed by atoms with Crippen molar-refractivity contribution in [3.05, 3.63) is 21.2 Å². The molecule has 3 nitrogen and oxygen atoms in total. The summed E-state index contributed by atoms with van der Waals surface area (Å²) >= 11 is 11.1. The minimum Gasteiger partial charge on any atom is -0.287 e. The van der Waals surface area contributed by atoms with Crippen molar-refractivity contribution in [1.82, 2.24) is 0 Å².